The van der Waals surface area contributed by atoms with Gasteiger partial charge in [0.1, 0.15) is 0 Å². The van der Waals surface area contributed by atoms with E-state index in [0.29, 0.717) is 6.42 Å². The standard InChI is InChI=1S/C15H22N2O/c1-12(14-8-4-5-11-16-14)17-15(18)10-9-13-6-2-3-7-13/h4-5,8,11-13H,2-3,6-7,9-10H2,1H3,(H,17,18)/t12-/m1/s1. The fourth-order valence-electron chi connectivity index (χ4n) is 2.65. The van der Waals surface area contributed by atoms with Crippen LogP contribution in [0.2, 0.25) is 0 Å². The fourth-order valence-corrected chi connectivity index (χ4v) is 2.65. The second kappa shape index (κ2) is 6.53. The normalized spacial score (nSPS) is 17.6. The summed E-state index contributed by atoms with van der Waals surface area (Å²) in [6, 6.07) is 5.78. The summed E-state index contributed by atoms with van der Waals surface area (Å²) >= 11 is 0. The van der Waals surface area contributed by atoms with Gasteiger partial charge in [0.05, 0.1) is 11.7 Å². The molecule has 1 N–H and O–H groups in total. The van der Waals surface area contributed by atoms with Crippen molar-refractivity contribution >= 4 is 5.91 Å². The van der Waals surface area contributed by atoms with Crippen molar-refractivity contribution in [1.82, 2.24) is 10.3 Å². The molecule has 0 unspecified atom stereocenters. The molecule has 1 aromatic heterocycles. The van der Waals surface area contributed by atoms with Crippen LogP contribution in [0.1, 0.15) is 57.2 Å². The smallest absolute Gasteiger partial charge is 0.220 e. The lowest BCUT2D eigenvalue weighted by Gasteiger charge is -2.14. The molecule has 1 atom stereocenters. The van der Waals surface area contributed by atoms with E-state index in [1.165, 1.54) is 25.7 Å². The van der Waals surface area contributed by atoms with Crippen LogP contribution in [-0.2, 0) is 4.79 Å². The lowest BCUT2D eigenvalue weighted by Crippen LogP contribution is -2.27. The second-order valence-corrected chi connectivity index (χ2v) is 5.23. The maximum absolute atomic E-state index is 11.8. The van der Waals surface area contributed by atoms with Crippen molar-refractivity contribution in [1.29, 1.82) is 0 Å². The first-order valence-corrected chi connectivity index (χ1v) is 6.96. The number of nitrogens with zero attached hydrogens (tertiary/aromatic N) is 1. The molecule has 1 saturated carbocycles. The molecule has 1 amide bonds. The van der Waals surface area contributed by atoms with Crippen LogP contribution in [0.15, 0.2) is 24.4 Å². The number of pyridine rings is 1. The molecule has 0 spiro atoms. The molecule has 18 heavy (non-hydrogen) atoms. The first-order valence-electron chi connectivity index (χ1n) is 6.96. The van der Waals surface area contributed by atoms with Crippen molar-refractivity contribution in [3.05, 3.63) is 30.1 Å². The summed E-state index contributed by atoms with van der Waals surface area (Å²) in [4.78, 5) is 16.1. The molecule has 3 nitrogen and oxygen atoms in total. The molecule has 0 radical (unpaired) electrons. The Balaban J connectivity index is 1.73. The van der Waals surface area contributed by atoms with E-state index in [-0.39, 0.29) is 11.9 Å². The summed E-state index contributed by atoms with van der Waals surface area (Å²) < 4.78 is 0. The molecule has 3 heteroatoms. The summed E-state index contributed by atoms with van der Waals surface area (Å²) in [5, 5.41) is 3.02. The summed E-state index contributed by atoms with van der Waals surface area (Å²) in [5.74, 6) is 0.931. The number of aromatic nitrogens is 1. The van der Waals surface area contributed by atoms with Gasteiger partial charge in [-0.1, -0.05) is 31.7 Å². The minimum Gasteiger partial charge on any atom is -0.348 e. The second-order valence-electron chi connectivity index (χ2n) is 5.23. The molecule has 0 bridgehead atoms. The van der Waals surface area contributed by atoms with Gasteiger partial charge in [-0.25, -0.2) is 0 Å². The molecule has 1 heterocycles. The van der Waals surface area contributed by atoms with E-state index < -0.39 is 0 Å². The average Bonchev–Trinajstić information content (AvgIpc) is 2.90. The first kappa shape index (κ1) is 13.1. The van der Waals surface area contributed by atoms with Gasteiger partial charge in [0.15, 0.2) is 0 Å². The molecule has 1 aromatic rings. The largest absolute Gasteiger partial charge is 0.348 e. The molecule has 98 valence electrons. The third kappa shape index (κ3) is 3.83. The lowest BCUT2D eigenvalue weighted by atomic mass is 10.0. The predicted octanol–water partition coefficient (Wildman–Crippen LogP) is 3.23. The van der Waals surface area contributed by atoms with Crippen molar-refractivity contribution in [2.45, 2.75) is 51.5 Å². The Morgan fingerprint density at radius 2 is 2.22 bits per heavy atom. The molecule has 0 aromatic carbocycles. The highest BCUT2D eigenvalue weighted by Crippen LogP contribution is 2.28. The zero-order valence-corrected chi connectivity index (χ0v) is 11.1. The van der Waals surface area contributed by atoms with Crippen LogP contribution in [0.4, 0.5) is 0 Å². The van der Waals surface area contributed by atoms with E-state index in [0.717, 1.165) is 18.0 Å². The van der Waals surface area contributed by atoms with Crippen molar-refractivity contribution in [2.75, 3.05) is 0 Å². The van der Waals surface area contributed by atoms with Gasteiger partial charge in [-0.05, 0) is 31.4 Å². The van der Waals surface area contributed by atoms with E-state index in [9.17, 15) is 4.79 Å². The van der Waals surface area contributed by atoms with Gasteiger partial charge in [-0.2, -0.15) is 0 Å². The summed E-state index contributed by atoms with van der Waals surface area (Å²) in [6.07, 6.45) is 8.76. The van der Waals surface area contributed by atoms with E-state index in [2.05, 4.69) is 10.3 Å². The van der Waals surface area contributed by atoms with Crippen LogP contribution >= 0.6 is 0 Å². The summed E-state index contributed by atoms with van der Waals surface area (Å²) in [6.45, 7) is 1.98. The molecule has 0 aliphatic heterocycles. The number of rotatable bonds is 5. The van der Waals surface area contributed by atoms with E-state index >= 15 is 0 Å². The molecule has 0 saturated heterocycles. The van der Waals surface area contributed by atoms with Crippen LogP contribution in [-0.4, -0.2) is 10.9 Å². The Morgan fingerprint density at radius 3 is 2.89 bits per heavy atom. The van der Waals surface area contributed by atoms with Gasteiger partial charge < -0.3 is 5.32 Å². The van der Waals surface area contributed by atoms with Crippen LogP contribution in [0, 0.1) is 5.92 Å². The van der Waals surface area contributed by atoms with Gasteiger partial charge >= 0.3 is 0 Å². The number of hydrogen-bond donors (Lipinski definition) is 1. The Kier molecular flexibility index (Phi) is 4.73. The molecule has 1 fully saturated rings. The Bertz CT molecular complexity index is 371. The third-order valence-corrected chi connectivity index (χ3v) is 3.76. The van der Waals surface area contributed by atoms with Crippen LogP contribution < -0.4 is 5.32 Å². The Labute approximate surface area is 109 Å². The SMILES string of the molecule is C[C@@H](NC(=O)CCC1CCCC1)c1ccccn1. The Hall–Kier alpha value is -1.38. The quantitative estimate of drug-likeness (QED) is 0.866. The number of amides is 1. The minimum atomic E-state index is 0.00211. The molecule has 2 rings (SSSR count). The zero-order chi connectivity index (χ0) is 12.8. The van der Waals surface area contributed by atoms with E-state index in [4.69, 9.17) is 0 Å². The number of nitrogens with one attached hydrogen (secondary N) is 1. The predicted molar refractivity (Wildman–Crippen MR) is 72.0 cm³/mol. The van der Waals surface area contributed by atoms with Crippen LogP contribution in [0.5, 0.6) is 0 Å². The van der Waals surface area contributed by atoms with Crippen LogP contribution in [0.3, 0.4) is 0 Å². The summed E-state index contributed by atoms with van der Waals surface area (Å²) in [7, 11) is 0. The van der Waals surface area contributed by atoms with Crippen molar-refractivity contribution in [2.24, 2.45) is 5.92 Å². The minimum absolute atomic E-state index is 0.00211. The van der Waals surface area contributed by atoms with Gasteiger partial charge in [-0.3, -0.25) is 9.78 Å². The highest BCUT2D eigenvalue weighted by Gasteiger charge is 2.17. The van der Waals surface area contributed by atoms with Crippen LogP contribution in [0.25, 0.3) is 0 Å². The lowest BCUT2D eigenvalue weighted by molar-refractivity contribution is -0.122. The number of carbonyl (C=O) groups excluding carboxylic acids is 1. The van der Waals surface area contributed by atoms with Gasteiger partial charge in [-0.15, -0.1) is 0 Å². The monoisotopic (exact) mass is 246 g/mol. The fraction of sp³-hybridized carbons (Fsp3) is 0.600. The van der Waals surface area contributed by atoms with Gasteiger partial charge in [0, 0.05) is 12.6 Å². The molecular formula is C15H22N2O. The highest BCUT2D eigenvalue weighted by atomic mass is 16.1. The van der Waals surface area contributed by atoms with Crippen molar-refractivity contribution in [3.63, 3.8) is 0 Å². The van der Waals surface area contributed by atoms with Gasteiger partial charge in [0.25, 0.3) is 0 Å². The first-order chi connectivity index (χ1) is 8.75. The van der Waals surface area contributed by atoms with Crippen molar-refractivity contribution in [3.8, 4) is 0 Å². The highest BCUT2D eigenvalue weighted by molar-refractivity contribution is 5.76. The molecular weight excluding hydrogens is 224 g/mol. The topological polar surface area (TPSA) is 42.0 Å². The molecule has 1 aliphatic rings. The zero-order valence-electron chi connectivity index (χ0n) is 11.1. The Morgan fingerprint density at radius 1 is 1.44 bits per heavy atom. The number of carbonyl (C=O) groups is 1. The third-order valence-electron chi connectivity index (χ3n) is 3.76. The maximum atomic E-state index is 11.8. The van der Waals surface area contributed by atoms with E-state index in [1.807, 2.05) is 25.1 Å². The van der Waals surface area contributed by atoms with E-state index in [1.54, 1.807) is 6.20 Å². The molecule has 1 aliphatic carbocycles. The summed E-state index contributed by atoms with van der Waals surface area (Å²) in [5.41, 5.74) is 0.923. The van der Waals surface area contributed by atoms with Gasteiger partial charge in [0.2, 0.25) is 5.91 Å². The maximum Gasteiger partial charge on any atom is 0.220 e. The number of hydrogen-bond acceptors (Lipinski definition) is 2. The van der Waals surface area contributed by atoms with Crippen molar-refractivity contribution < 1.29 is 4.79 Å². The average molecular weight is 246 g/mol.